The predicted molar refractivity (Wildman–Crippen MR) is 79.4 cm³/mol. The van der Waals surface area contributed by atoms with E-state index in [9.17, 15) is 4.79 Å². The summed E-state index contributed by atoms with van der Waals surface area (Å²) in [5, 5.41) is 0. The number of hydrogen-bond acceptors (Lipinski definition) is 3. The molecule has 1 saturated heterocycles. The van der Waals surface area contributed by atoms with Crippen LogP contribution in [0.2, 0.25) is 0 Å². The summed E-state index contributed by atoms with van der Waals surface area (Å²) >= 11 is 0. The van der Waals surface area contributed by atoms with Crippen LogP contribution in [0.25, 0.3) is 0 Å². The third-order valence-corrected chi connectivity index (χ3v) is 4.09. The van der Waals surface area contributed by atoms with E-state index in [2.05, 4.69) is 10.8 Å². The van der Waals surface area contributed by atoms with Crippen LogP contribution in [0.4, 0.5) is 4.79 Å². The number of carbonyl (C=O) groups is 1. The van der Waals surface area contributed by atoms with Gasteiger partial charge in [0.15, 0.2) is 0 Å². The largest absolute Gasteiger partial charge is 0.444 e. The Morgan fingerprint density at radius 1 is 1.25 bits per heavy atom. The maximum atomic E-state index is 12.0. The number of amides is 1. The van der Waals surface area contributed by atoms with E-state index in [-0.39, 0.29) is 11.5 Å². The van der Waals surface area contributed by atoms with Crippen molar-refractivity contribution in [3.05, 3.63) is 0 Å². The number of terminal acetylenes is 1. The molecule has 0 radical (unpaired) electrons. The fraction of sp³-hybridized carbons (Fsp3) is 0.812. The first-order valence-electron chi connectivity index (χ1n) is 7.52. The van der Waals surface area contributed by atoms with Gasteiger partial charge in [0.2, 0.25) is 0 Å². The topological polar surface area (TPSA) is 32.8 Å². The monoisotopic (exact) mass is 278 g/mol. The molecule has 1 heterocycles. The third-order valence-electron chi connectivity index (χ3n) is 4.09. The zero-order valence-electron chi connectivity index (χ0n) is 12.9. The molecule has 0 atom stereocenters. The molecule has 0 unspecified atom stereocenters. The van der Waals surface area contributed by atoms with E-state index >= 15 is 0 Å². The van der Waals surface area contributed by atoms with Gasteiger partial charge in [0.05, 0.1) is 0 Å². The number of rotatable bonds is 3. The fourth-order valence-electron chi connectivity index (χ4n) is 2.47. The van der Waals surface area contributed by atoms with Crippen molar-refractivity contribution in [1.29, 1.82) is 0 Å². The second-order valence-electron chi connectivity index (χ2n) is 6.98. The summed E-state index contributed by atoms with van der Waals surface area (Å²) in [4.78, 5) is 16.2. The first-order valence-corrected chi connectivity index (χ1v) is 7.52. The fourth-order valence-corrected chi connectivity index (χ4v) is 2.47. The zero-order valence-corrected chi connectivity index (χ0v) is 12.9. The summed E-state index contributed by atoms with van der Waals surface area (Å²) in [6.45, 7) is 10.1. The SMILES string of the molecule is C#CC1(CCN2CCN(C(=O)OC(C)(C)C)CC2)CC1. The minimum absolute atomic E-state index is 0.195. The lowest BCUT2D eigenvalue weighted by Gasteiger charge is -2.35. The van der Waals surface area contributed by atoms with Gasteiger partial charge in [-0.2, -0.15) is 0 Å². The predicted octanol–water partition coefficient (Wildman–Crippen LogP) is 2.34. The Hall–Kier alpha value is -1.21. The molecule has 0 spiro atoms. The molecule has 4 heteroatoms. The Balaban J connectivity index is 1.70. The second kappa shape index (κ2) is 5.65. The molecule has 20 heavy (non-hydrogen) atoms. The van der Waals surface area contributed by atoms with Crippen molar-refractivity contribution >= 4 is 6.09 Å². The van der Waals surface area contributed by atoms with Crippen molar-refractivity contribution in [3.63, 3.8) is 0 Å². The average molecular weight is 278 g/mol. The van der Waals surface area contributed by atoms with Crippen molar-refractivity contribution < 1.29 is 9.53 Å². The summed E-state index contributed by atoms with van der Waals surface area (Å²) in [6.07, 6.45) is 8.83. The Bertz CT molecular complexity index is 394. The molecule has 1 saturated carbocycles. The van der Waals surface area contributed by atoms with Gasteiger partial charge in [0.1, 0.15) is 5.60 Å². The minimum atomic E-state index is -0.417. The van der Waals surface area contributed by atoms with Gasteiger partial charge in [0.25, 0.3) is 0 Å². The van der Waals surface area contributed by atoms with Gasteiger partial charge in [0, 0.05) is 31.6 Å². The normalized spacial score (nSPS) is 22.2. The molecule has 2 aliphatic rings. The Labute approximate surface area is 122 Å². The van der Waals surface area contributed by atoms with Crippen LogP contribution in [-0.2, 0) is 4.74 Å². The van der Waals surface area contributed by atoms with Gasteiger partial charge in [-0.1, -0.05) is 5.92 Å². The lowest BCUT2D eigenvalue weighted by molar-refractivity contribution is 0.0142. The quantitative estimate of drug-likeness (QED) is 0.743. The lowest BCUT2D eigenvalue weighted by atomic mass is 10.0. The van der Waals surface area contributed by atoms with Crippen molar-refractivity contribution in [2.45, 2.75) is 45.6 Å². The van der Waals surface area contributed by atoms with Crippen LogP contribution < -0.4 is 0 Å². The number of piperazine rings is 1. The standard InChI is InChI=1S/C16H26N2O2/c1-5-16(6-7-16)8-9-17-10-12-18(13-11-17)14(19)20-15(2,3)4/h1H,6-13H2,2-4H3. The first-order chi connectivity index (χ1) is 9.34. The van der Waals surface area contributed by atoms with E-state index in [0.717, 1.165) is 39.1 Å². The smallest absolute Gasteiger partial charge is 0.410 e. The molecule has 0 aromatic rings. The second-order valence-corrected chi connectivity index (χ2v) is 6.98. The molecule has 1 aliphatic heterocycles. The summed E-state index contributed by atoms with van der Waals surface area (Å²) in [5.74, 6) is 2.93. The molecule has 2 rings (SSSR count). The van der Waals surface area contributed by atoms with Crippen LogP contribution in [0.5, 0.6) is 0 Å². The molecule has 0 bridgehead atoms. The van der Waals surface area contributed by atoms with Gasteiger partial charge in [-0.25, -0.2) is 4.79 Å². The minimum Gasteiger partial charge on any atom is -0.444 e. The van der Waals surface area contributed by atoms with Gasteiger partial charge in [-0.15, -0.1) is 6.42 Å². The van der Waals surface area contributed by atoms with Crippen LogP contribution >= 0.6 is 0 Å². The van der Waals surface area contributed by atoms with Crippen LogP contribution in [0, 0.1) is 17.8 Å². The lowest BCUT2D eigenvalue weighted by Crippen LogP contribution is -2.50. The van der Waals surface area contributed by atoms with Gasteiger partial charge in [-0.3, -0.25) is 4.90 Å². The molecule has 0 aromatic heterocycles. The Morgan fingerprint density at radius 3 is 2.30 bits per heavy atom. The summed E-state index contributed by atoms with van der Waals surface area (Å²) in [6, 6.07) is 0. The molecule has 0 aromatic carbocycles. The van der Waals surface area contributed by atoms with Crippen LogP contribution in [0.15, 0.2) is 0 Å². The van der Waals surface area contributed by atoms with E-state index in [1.54, 1.807) is 4.90 Å². The van der Waals surface area contributed by atoms with Crippen LogP contribution in [0.3, 0.4) is 0 Å². The highest BCUT2D eigenvalue weighted by Gasteiger charge is 2.40. The summed E-state index contributed by atoms with van der Waals surface area (Å²) in [7, 11) is 0. The molecule has 0 N–H and O–H groups in total. The van der Waals surface area contributed by atoms with Gasteiger partial charge in [-0.05, 0) is 46.6 Å². The van der Waals surface area contributed by atoms with Crippen molar-refractivity contribution in [1.82, 2.24) is 9.80 Å². The molecule has 1 aliphatic carbocycles. The summed E-state index contributed by atoms with van der Waals surface area (Å²) < 4.78 is 5.40. The summed E-state index contributed by atoms with van der Waals surface area (Å²) in [5.41, 5.74) is -0.221. The molecule has 112 valence electrons. The Kier molecular flexibility index (Phi) is 4.29. The highest BCUT2D eigenvalue weighted by molar-refractivity contribution is 5.68. The van der Waals surface area contributed by atoms with E-state index in [1.165, 1.54) is 12.8 Å². The number of ether oxygens (including phenoxy) is 1. The van der Waals surface area contributed by atoms with E-state index in [4.69, 9.17) is 11.2 Å². The van der Waals surface area contributed by atoms with Crippen LogP contribution in [0.1, 0.15) is 40.0 Å². The third kappa shape index (κ3) is 4.14. The molecular weight excluding hydrogens is 252 g/mol. The van der Waals surface area contributed by atoms with Crippen LogP contribution in [-0.4, -0.2) is 54.2 Å². The molecular formula is C16H26N2O2. The number of carbonyl (C=O) groups excluding carboxylic acids is 1. The highest BCUT2D eigenvalue weighted by atomic mass is 16.6. The zero-order chi connectivity index (χ0) is 14.8. The van der Waals surface area contributed by atoms with Gasteiger partial charge < -0.3 is 9.64 Å². The maximum absolute atomic E-state index is 12.0. The number of hydrogen-bond donors (Lipinski definition) is 0. The maximum Gasteiger partial charge on any atom is 0.410 e. The van der Waals surface area contributed by atoms with Gasteiger partial charge >= 0.3 is 6.09 Å². The van der Waals surface area contributed by atoms with Crippen molar-refractivity contribution in [2.75, 3.05) is 32.7 Å². The van der Waals surface area contributed by atoms with Crippen molar-refractivity contribution in [2.24, 2.45) is 5.41 Å². The van der Waals surface area contributed by atoms with E-state index in [0.29, 0.717) is 0 Å². The van der Waals surface area contributed by atoms with E-state index in [1.807, 2.05) is 20.8 Å². The first kappa shape index (κ1) is 15.2. The molecule has 4 nitrogen and oxygen atoms in total. The van der Waals surface area contributed by atoms with Crippen molar-refractivity contribution in [3.8, 4) is 12.3 Å². The van der Waals surface area contributed by atoms with E-state index < -0.39 is 5.60 Å². The molecule has 1 amide bonds. The average Bonchev–Trinajstić information content (AvgIpc) is 3.16. The number of nitrogens with zero attached hydrogens (tertiary/aromatic N) is 2. The highest BCUT2D eigenvalue weighted by Crippen LogP contribution is 2.48. The molecule has 2 fully saturated rings. The Morgan fingerprint density at radius 2 is 1.85 bits per heavy atom.